The Bertz CT molecular complexity index is 707. The van der Waals surface area contributed by atoms with Crippen LogP contribution in [0.25, 0.3) is 11.1 Å². The lowest BCUT2D eigenvalue weighted by Gasteiger charge is -2.14. The first kappa shape index (κ1) is 15.2. The van der Waals surface area contributed by atoms with Crippen LogP contribution < -0.4 is 4.74 Å². The van der Waals surface area contributed by atoms with Crippen LogP contribution in [0.4, 0.5) is 4.39 Å². The van der Waals surface area contributed by atoms with Gasteiger partial charge in [0.15, 0.2) is 5.82 Å². The molecule has 0 saturated carbocycles. The maximum absolute atomic E-state index is 14.2. The van der Waals surface area contributed by atoms with E-state index in [1.54, 1.807) is 13.0 Å². The Balaban J connectivity index is 2.83. The molecule has 110 valence electrons. The topological polar surface area (TPSA) is 61.3 Å². The quantitative estimate of drug-likeness (QED) is 0.644. The summed E-state index contributed by atoms with van der Waals surface area (Å²) < 4.78 is 24.0. The van der Waals surface area contributed by atoms with Crippen LogP contribution >= 0.6 is 11.6 Å². The van der Waals surface area contributed by atoms with Crippen LogP contribution in [0.5, 0.6) is 5.75 Å². The molecule has 0 saturated heterocycles. The van der Waals surface area contributed by atoms with Gasteiger partial charge in [0, 0.05) is 11.3 Å². The predicted octanol–water partition coefficient (Wildman–Crippen LogP) is 3.04. The summed E-state index contributed by atoms with van der Waals surface area (Å²) in [5.41, 5.74) is 0.838. The summed E-state index contributed by atoms with van der Waals surface area (Å²) in [6.45, 7) is 1.68. The Labute approximate surface area is 125 Å². The number of hydrogen-bond acceptors (Lipinski definition) is 5. The Hall–Kier alpha value is -2.21. The minimum atomic E-state index is -0.708. The molecule has 21 heavy (non-hydrogen) atoms. The summed E-state index contributed by atoms with van der Waals surface area (Å²) in [6.07, 6.45) is 2.38. The number of aromatic nitrogens is 2. The number of carbonyl (C=O) groups excluding carboxylic acids is 1. The van der Waals surface area contributed by atoms with Gasteiger partial charge in [-0.1, -0.05) is 11.6 Å². The van der Waals surface area contributed by atoms with Crippen LogP contribution in [-0.2, 0) is 4.74 Å². The number of halogens is 2. The average Bonchev–Trinajstić information content (AvgIpc) is 2.45. The van der Waals surface area contributed by atoms with E-state index in [0.29, 0.717) is 5.69 Å². The van der Waals surface area contributed by atoms with Crippen LogP contribution in [0.3, 0.4) is 0 Å². The third kappa shape index (κ3) is 2.80. The maximum Gasteiger partial charge on any atom is 0.341 e. The van der Waals surface area contributed by atoms with Crippen molar-refractivity contribution in [1.29, 1.82) is 0 Å². The number of methoxy groups -OCH3 is 2. The fourth-order valence-electron chi connectivity index (χ4n) is 1.96. The van der Waals surface area contributed by atoms with Crippen LogP contribution in [0.2, 0.25) is 5.15 Å². The van der Waals surface area contributed by atoms with E-state index >= 15 is 0 Å². The van der Waals surface area contributed by atoms with Crippen molar-refractivity contribution in [3.05, 3.63) is 40.7 Å². The third-order valence-corrected chi connectivity index (χ3v) is 3.12. The van der Waals surface area contributed by atoms with Gasteiger partial charge in [-0.3, -0.25) is 4.98 Å². The van der Waals surface area contributed by atoms with E-state index in [4.69, 9.17) is 21.1 Å². The highest BCUT2D eigenvalue weighted by molar-refractivity contribution is 6.33. The Morgan fingerprint density at radius 2 is 2.05 bits per heavy atom. The van der Waals surface area contributed by atoms with Gasteiger partial charge in [0.25, 0.3) is 0 Å². The van der Waals surface area contributed by atoms with Crippen LogP contribution in [-0.4, -0.2) is 30.2 Å². The standard InChI is InChI=1S/C14H12ClFN2O3/c1-7-4-8(12(13(15)18-7)14(19)21-3)11-9(16)5-17-6-10(11)20-2/h4-6H,1-3H3. The summed E-state index contributed by atoms with van der Waals surface area (Å²) in [5, 5.41) is -0.0601. The highest BCUT2D eigenvalue weighted by Crippen LogP contribution is 2.36. The zero-order valence-electron chi connectivity index (χ0n) is 11.6. The molecule has 0 aromatic carbocycles. The van der Waals surface area contributed by atoms with Crippen LogP contribution in [0.1, 0.15) is 16.1 Å². The number of hydrogen-bond donors (Lipinski definition) is 0. The molecule has 0 amide bonds. The van der Waals surface area contributed by atoms with Gasteiger partial charge in [-0.05, 0) is 13.0 Å². The second kappa shape index (κ2) is 6.05. The molecule has 0 atom stereocenters. The highest BCUT2D eigenvalue weighted by atomic mass is 35.5. The summed E-state index contributed by atoms with van der Waals surface area (Å²) in [6, 6.07) is 1.54. The van der Waals surface area contributed by atoms with Gasteiger partial charge in [-0.15, -0.1) is 0 Å². The van der Waals surface area contributed by atoms with Crippen molar-refractivity contribution in [1.82, 2.24) is 9.97 Å². The number of pyridine rings is 2. The zero-order chi connectivity index (χ0) is 15.6. The monoisotopic (exact) mass is 310 g/mol. The van der Waals surface area contributed by atoms with E-state index in [1.165, 1.54) is 20.4 Å². The van der Waals surface area contributed by atoms with Crippen molar-refractivity contribution in [2.45, 2.75) is 6.92 Å². The molecule has 0 spiro atoms. The fourth-order valence-corrected chi connectivity index (χ4v) is 2.27. The molecule has 0 aliphatic carbocycles. The van der Waals surface area contributed by atoms with E-state index in [-0.39, 0.29) is 27.6 Å². The highest BCUT2D eigenvalue weighted by Gasteiger charge is 2.24. The first-order chi connectivity index (χ1) is 9.99. The molecule has 0 N–H and O–H groups in total. The van der Waals surface area contributed by atoms with Gasteiger partial charge in [-0.2, -0.15) is 0 Å². The number of aryl methyl sites for hydroxylation is 1. The molecule has 0 fully saturated rings. The smallest absolute Gasteiger partial charge is 0.341 e. The second-order valence-corrected chi connectivity index (χ2v) is 4.53. The molecular formula is C14H12ClFN2O3. The SMILES string of the molecule is COC(=O)c1c(-c2c(F)cncc2OC)cc(C)nc1Cl. The molecule has 0 radical (unpaired) electrons. The minimum absolute atomic E-state index is 0.0202. The Morgan fingerprint density at radius 3 is 2.67 bits per heavy atom. The largest absolute Gasteiger partial charge is 0.494 e. The third-order valence-electron chi connectivity index (χ3n) is 2.85. The first-order valence-electron chi connectivity index (χ1n) is 5.93. The molecule has 0 aliphatic heterocycles. The number of carbonyl (C=O) groups is 1. The summed E-state index contributed by atoms with van der Waals surface area (Å²) in [5.74, 6) is -1.16. The Morgan fingerprint density at radius 1 is 1.33 bits per heavy atom. The lowest BCUT2D eigenvalue weighted by atomic mass is 10.0. The number of rotatable bonds is 3. The lowest BCUT2D eigenvalue weighted by Crippen LogP contribution is -2.08. The lowest BCUT2D eigenvalue weighted by molar-refractivity contribution is 0.0601. The van der Waals surface area contributed by atoms with Gasteiger partial charge in [0.1, 0.15) is 16.5 Å². The average molecular weight is 311 g/mol. The van der Waals surface area contributed by atoms with Crippen LogP contribution in [0, 0.1) is 12.7 Å². The molecule has 2 rings (SSSR count). The van der Waals surface area contributed by atoms with E-state index in [9.17, 15) is 9.18 Å². The molecule has 7 heteroatoms. The second-order valence-electron chi connectivity index (χ2n) is 4.17. The van der Waals surface area contributed by atoms with E-state index in [1.807, 2.05) is 0 Å². The number of nitrogens with zero attached hydrogens (tertiary/aromatic N) is 2. The molecular weight excluding hydrogens is 299 g/mol. The van der Waals surface area contributed by atoms with E-state index in [0.717, 1.165) is 6.20 Å². The predicted molar refractivity (Wildman–Crippen MR) is 75.1 cm³/mol. The number of esters is 1. The van der Waals surface area contributed by atoms with Crippen molar-refractivity contribution in [2.24, 2.45) is 0 Å². The molecule has 0 aliphatic rings. The van der Waals surface area contributed by atoms with Gasteiger partial charge in [0.05, 0.1) is 32.2 Å². The molecule has 5 nitrogen and oxygen atoms in total. The van der Waals surface area contributed by atoms with Crippen LogP contribution in [0.15, 0.2) is 18.5 Å². The summed E-state index contributed by atoms with van der Waals surface area (Å²) >= 11 is 6.02. The van der Waals surface area contributed by atoms with Crippen molar-refractivity contribution in [3.63, 3.8) is 0 Å². The molecule has 0 unspecified atom stereocenters. The Kier molecular flexibility index (Phi) is 4.37. The molecule has 2 aromatic heterocycles. The summed E-state index contributed by atoms with van der Waals surface area (Å²) in [7, 11) is 2.59. The fraction of sp³-hybridized carbons (Fsp3) is 0.214. The molecule has 0 bridgehead atoms. The normalized spacial score (nSPS) is 10.3. The van der Waals surface area contributed by atoms with E-state index in [2.05, 4.69) is 9.97 Å². The van der Waals surface area contributed by atoms with Crippen molar-refractivity contribution < 1.29 is 18.7 Å². The summed E-state index contributed by atoms with van der Waals surface area (Å²) in [4.78, 5) is 19.6. The van der Waals surface area contributed by atoms with Gasteiger partial charge in [0.2, 0.25) is 0 Å². The minimum Gasteiger partial charge on any atom is -0.494 e. The van der Waals surface area contributed by atoms with Gasteiger partial charge < -0.3 is 9.47 Å². The van der Waals surface area contributed by atoms with Crippen molar-refractivity contribution >= 4 is 17.6 Å². The van der Waals surface area contributed by atoms with Crippen molar-refractivity contribution in [3.8, 4) is 16.9 Å². The van der Waals surface area contributed by atoms with Gasteiger partial charge >= 0.3 is 5.97 Å². The zero-order valence-corrected chi connectivity index (χ0v) is 12.4. The van der Waals surface area contributed by atoms with Gasteiger partial charge in [-0.25, -0.2) is 14.2 Å². The first-order valence-corrected chi connectivity index (χ1v) is 6.30. The molecule has 2 aromatic rings. The molecule has 2 heterocycles. The maximum atomic E-state index is 14.2. The van der Waals surface area contributed by atoms with Crippen molar-refractivity contribution in [2.75, 3.05) is 14.2 Å². The number of ether oxygens (including phenoxy) is 2. The van der Waals surface area contributed by atoms with E-state index < -0.39 is 11.8 Å².